The van der Waals surface area contributed by atoms with Crippen molar-refractivity contribution in [3.63, 3.8) is 0 Å². The number of carbonyl (C=O) groups is 2. The average Bonchev–Trinajstić information content (AvgIpc) is 3.42. The molecule has 6 fully saturated rings. The number of aliphatic carboxylic acids is 1. The van der Waals surface area contributed by atoms with Crippen molar-refractivity contribution in [3.8, 4) is 0 Å². The van der Waals surface area contributed by atoms with Gasteiger partial charge in [0.25, 0.3) is 0 Å². The molecule has 0 atom stereocenters. The monoisotopic (exact) mass is 574 g/mol. The zero-order valence-corrected chi connectivity index (χ0v) is 22.9. The van der Waals surface area contributed by atoms with Gasteiger partial charge in [0, 0.05) is 13.1 Å². The summed E-state index contributed by atoms with van der Waals surface area (Å²) in [6, 6.07) is 9.98. The third-order valence-electron chi connectivity index (χ3n) is 9.59. The van der Waals surface area contributed by atoms with E-state index in [1.165, 1.54) is 19.2 Å². The summed E-state index contributed by atoms with van der Waals surface area (Å²) in [6.45, 7) is 1.44. The Kier molecular flexibility index (Phi) is 7.90. The summed E-state index contributed by atoms with van der Waals surface area (Å²) >= 11 is 0. The first-order valence-electron chi connectivity index (χ1n) is 13.1. The molecule has 0 spiro atoms. The van der Waals surface area contributed by atoms with E-state index in [1.807, 2.05) is 21.5 Å². The number of ether oxygens (including phenoxy) is 1. The number of fused-ring (bicyclic) bond motifs is 2. The van der Waals surface area contributed by atoms with Gasteiger partial charge in [-0.1, -0.05) is 19.6 Å². The minimum atomic E-state index is -0.675. The van der Waals surface area contributed by atoms with Crippen molar-refractivity contribution in [2.45, 2.75) is 59.0 Å². The van der Waals surface area contributed by atoms with Crippen LogP contribution in [0.1, 0.15) is 46.0 Å². The van der Waals surface area contributed by atoms with Crippen LogP contribution in [-0.4, -0.2) is 49.2 Å². The van der Waals surface area contributed by atoms with Crippen LogP contribution in [0.2, 0.25) is 0 Å². The molecule has 0 aliphatic heterocycles. The Morgan fingerprint density at radius 1 is 0.833 bits per heavy atom. The third-order valence-corrected chi connectivity index (χ3v) is 9.59. The number of rotatable bonds is 6. The number of halogens is 2. The molecule has 2 aromatic carbocycles. The van der Waals surface area contributed by atoms with Gasteiger partial charge in [-0.3, -0.25) is 19.0 Å². The molecule has 218 valence electrons. The minimum absolute atomic E-state index is 0. The predicted molar refractivity (Wildman–Crippen MR) is 145 cm³/mol. The molecule has 6 saturated carbocycles. The number of aromatic nitrogens is 4. The molecule has 6 aliphatic carbocycles. The van der Waals surface area contributed by atoms with Gasteiger partial charge >= 0.3 is 30.8 Å². The van der Waals surface area contributed by atoms with Gasteiger partial charge in [-0.25, -0.2) is 8.78 Å². The Morgan fingerprint density at radius 2 is 1.24 bits per heavy atom. The van der Waals surface area contributed by atoms with Crippen molar-refractivity contribution < 1.29 is 52.6 Å². The summed E-state index contributed by atoms with van der Waals surface area (Å²) in [5.41, 5.74) is 1.14. The summed E-state index contributed by atoms with van der Waals surface area (Å²) in [5.74, 6) is -1.26. The van der Waals surface area contributed by atoms with E-state index in [-0.39, 0.29) is 65.6 Å². The van der Waals surface area contributed by atoms with Gasteiger partial charge in [-0.2, -0.15) is 10.2 Å². The van der Waals surface area contributed by atoms with Crippen molar-refractivity contribution in [3.05, 3.63) is 60.4 Å². The van der Waals surface area contributed by atoms with Gasteiger partial charge in [0.15, 0.2) is 0 Å². The molecule has 0 amide bonds. The Labute approximate surface area is 253 Å². The number of carboxylic acid groups (broad SMARTS) is 1. The second kappa shape index (κ2) is 10.5. The molecule has 2 aromatic heterocycles. The van der Waals surface area contributed by atoms with Gasteiger partial charge in [0.2, 0.25) is 0 Å². The molecule has 9 nitrogen and oxygen atoms in total. The normalized spacial score (nSPS) is 29.0. The first-order chi connectivity index (χ1) is 18.6. The fourth-order valence-electron chi connectivity index (χ4n) is 8.02. The molecule has 10 rings (SSSR count). The molecule has 2 N–H and O–H groups in total. The second-order valence-corrected chi connectivity index (χ2v) is 12.4. The Balaban J connectivity index is 0.000000180. The fraction of sp³-hybridized carbons (Fsp3) is 0.467. The fourth-order valence-corrected chi connectivity index (χ4v) is 8.02. The van der Waals surface area contributed by atoms with Crippen molar-refractivity contribution in [2.75, 3.05) is 7.11 Å². The van der Waals surface area contributed by atoms with Gasteiger partial charge in [0.1, 0.15) is 11.6 Å². The predicted octanol–water partition coefficient (Wildman–Crippen LogP) is 2.41. The number of esters is 1. The topological polar surface area (TPSA) is 129 Å². The molecule has 6 aliphatic rings. The largest absolute Gasteiger partial charge is 1.00 e. The quantitative estimate of drug-likeness (QED) is 0.277. The Bertz CT molecular complexity index is 1650. The summed E-state index contributed by atoms with van der Waals surface area (Å²) in [6.07, 6.45) is 7.90. The van der Waals surface area contributed by atoms with Crippen LogP contribution < -0.4 is 18.9 Å². The van der Waals surface area contributed by atoms with Crippen molar-refractivity contribution >= 4 is 33.7 Å². The van der Waals surface area contributed by atoms with Crippen LogP contribution in [0, 0.1) is 33.3 Å². The number of carbonyl (C=O) groups excluding carboxylic acids is 1. The first-order valence-corrected chi connectivity index (χ1v) is 13.1. The summed E-state index contributed by atoms with van der Waals surface area (Å²) in [4.78, 5) is 22.7. The van der Waals surface area contributed by atoms with E-state index in [0.717, 1.165) is 56.1 Å². The maximum Gasteiger partial charge on any atom is 1.00 e. The van der Waals surface area contributed by atoms with Crippen LogP contribution in [0.5, 0.6) is 0 Å². The molecule has 0 saturated heterocycles. The zero-order chi connectivity index (χ0) is 27.2. The molecule has 42 heavy (non-hydrogen) atoms. The van der Waals surface area contributed by atoms with Crippen LogP contribution >= 0.6 is 0 Å². The third kappa shape index (κ3) is 4.45. The number of methoxy groups -OCH3 is 1. The Hall–Kier alpha value is -3.26. The van der Waals surface area contributed by atoms with Crippen molar-refractivity contribution in [1.29, 1.82) is 0 Å². The van der Waals surface area contributed by atoms with E-state index in [9.17, 15) is 18.4 Å². The van der Waals surface area contributed by atoms with E-state index in [0.29, 0.717) is 17.3 Å². The number of hydrogen-bond acceptors (Lipinski definition) is 6. The van der Waals surface area contributed by atoms with E-state index in [1.54, 1.807) is 24.5 Å². The van der Waals surface area contributed by atoms with Crippen LogP contribution in [0.3, 0.4) is 0 Å². The number of hydrogen-bond donors (Lipinski definition) is 1. The van der Waals surface area contributed by atoms with Gasteiger partial charge in [0.05, 0.1) is 52.1 Å². The number of benzene rings is 2. The summed E-state index contributed by atoms with van der Waals surface area (Å²) in [5, 5.41) is 18.7. The summed E-state index contributed by atoms with van der Waals surface area (Å²) < 4.78 is 35.7. The first kappa shape index (κ1) is 31.7. The molecule has 0 unspecified atom stereocenters. The molecule has 4 bridgehead atoms. The van der Waals surface area contributed by atoms with Crippen LogP contribution in [0.4, 0.5) is 8.78 Å². The molecular weight excluding hydrogens is 541 g/mol. The standard InChI is InChI=1S/C15H15FN2O2.C14H13FN2O2.CH4.Li.H2O/c1-20-13(19)15-6-14(7-15,8-15)9-18-12-4-2-3-11(16)10(12)5-17-18;15-10-2-1-3-11-9(10)4-16-17(11)8-13-5-14(6-13,7-13)12(18)19;;;/h2-5H,6-9H2,1H3;1-4H,5-8H2,(H,18,19);1H4;;1H2/q;;;+1;/p-1. The van der Waals surface area contributed by atoms with Crippen LogP contribution in [0.15, 0.2) is 48.8 Å². The van der Waals surface area contributed by atoms with E-state index < -0.39 is 11.4 Å². The Morgan fingerprint density at radius 3 is 1.62 bits per heavy atom. The van der Waals surface area contributed by atoms with Gasteiger partial charge < -0.3 is 15.3 Å². The molecule has 2 heterocycles. The van der Waals surface area contributed by atoms with E-state index in [2.05, 4.69) is 10.2 Å². The molecule has 0 radical (unpaired) electrons. The zero-order valence-electron chi connectivity index (χ0n) is 22.9. The van der Waals surface area contributed by atoms with E-state index >= 15 is 0 Å². The van der Waals surface area contributed by atoms with Gasteiger partial charge in [-0.15, -0.1) is 0 Å². The summed E-state index contributed by atoms with van der Waals surface area (Å²) in [7, 11) is 1.44. The smallest absolute Gasteiger partial charge is 0.870 e. The maximum absolute atomic E-state index is 13.6. The SMILES string of the molecule is C.COC(=O)C12CC(Cn3ncc4c(F)cccc43)(C1)C2.O=C(O)C12CC(Cn3ncc4c(F)cccc43)(C1)C2.[Li+].[OH-]. The molecule has 12 heteroatoms. The second-order valence-electron chi connectivity index (χ2n) is 12.4. The number of nitrogens with zero attached hydrogens (tertiary/aromatic N) is 4. The van der Waals surface area contributed by atoms with Crippen LogP contribution in [0.25, 0.3) is 21.8 Å². The van der Waals surface area contributed by atoms with Crippen molar-refractivity contribution in [2.24, 2.45) is 21.7 Å². The number of carboxylic acids is 1. The average molecular weight is 575 g/mol. The van der Waals surface area contributed by atoms with Crippen molar-refractivity contribution in [1.82, 2.24) is 19.6 Å². The minimum Gasteiger partial charge on any atom is -0.870 e. The maximum atomic E-state index is 13.6. The van der Waals surface area contributed by atoms with Crippen LogP contribution in [-0.2, 0) is 27.4 Å². The molecule has 4 aromatic rings. The molecular formula is C30H33F2LiN4O5. The van der Waals surface area contributed by atoms with E-state index in [4.69, 9.17) is 9.84 Å². The van der Waals surface area contributed by atoms with Gasteiger partial charge in [-0.05, 0) is 73.6 Å².